The number of hydrogen-bond acceptors (Lipinski definition) is 5. The van der Waals surface area contributed by atoms with Gasteiger partial charge in [0.2, 0.25) is 6.79 Å². The maximum atomic E-state index is 13.0. The number of nitrogens with one attached hydrogen (secondary N) is 1. The number of anilines is 1. The van der Waals surface area contributed by atoms with E-state index in [4.69, 9.17) is 25.8 Å². The van der Waals surface area contributed by atoms with Crippen LogP contribution in [0.25, 0.3) is 0 Å². The third-order valence-electron chi connectivity index (χ3n) is 4.72. The second-order valence-electron chi connectivity index (χ2n) is 6.27. The number of benzene rings is 2. The highest BCUT2D eigenvalue weighted by Gasteiger charge is 2.38. The van der Waals surface area contributed by atoms with Crippen LogP contribution >= 0.6 is 11.6 Å². The number of carbonyl (C=O) groups is 2. The predicted molar refractivity (Wildman–Crippen MR) is 102 cm³/mol. The molecule has 1 N–H and O–H groups in total. The zero-order valence-electron chi connectivity index (χ0n) is 15.2. The molecule has 2 aliphatic rings. The lowest BCUT2D eigenvalue weighted by molar-refractivity contribution is -0.136. The normalized spacial score (nSPS) is 18.2. The van der Waals surface area contributed by atoms with E-state index in [0.717, 1.165) is 0 Å². The molecule has 0 fully saturated rings. The number of esters is 1. The van der Waals surface area contributed by atoms with Gasteiger partial charge in [-0.2, -0.15) is 0 Å². The van der Waals surface area contributed by atoms with Crippen LogP contribution in [0.4, 0.5) is 10.5 Å². The van der Waals surface area contributed by atoms with Crippen molar-refractivity contribution < 1.29 is 23.8 Å². The molecule has 0 unspecified atom stereocenters. The Morgan fingerprint density at radius 1 is 1.21 bits per heavy atom. The van der Waals surface area contributed by atoms with Crippen LogP contribution < -0.4 is 19.7 Å². The summed E-state index contributed by atoms with van der Waals surface area (Å²) in [5.41, 5.74) is 1.90. The van der Waals surface area contributed by atoms with Gasteiger partial charge in [-0.15, -0.1) is 0 Å². The summed E-state index contributed by atoms with van der Waals surface area (Å²) in [7, 11) is 1.30. The van der Waals surface area contributed by atoms with Crippen LogP contribution in [-0.4, -0.2) is 25.9 Å². The Hall–Kier alpha value is -3.19. The van der Waals surface area contributed by atoms with Crippen molar-refractivity contribution in [2.45, 2.75) is 13.0 Å². The monoisotopic (exact) mass is 400 g/mol. The Kier molecular flexibility index (Phi) is 4.60. The Bertz CT molecular complexity index is 1000. The van der Waals surface area contributed by atoms with Crippen molar-refractivity contribution in [1.29, 1.82) is 0 Å². The molecule has 2 heterocycles. The first-order valence-corrected chi connectivity index (χ1v) is 8.93. The lowest BCUT2D eigenvalue weighted by atomic mass is 9.94. The number of ether oxygens (including phenoxy) is 3. The lowest BCUT2D eigenvalue weighted by Crippen LogP contribution is -2.48. The first-order chi connectivity index (χ1) is 13.5. The second kappa shape index (κ2) is 7.09. The number of allylic oxidation sites excluding steroid dienone is 1. The van der Waals surface area contributed by atoms with Gasteiger partial charge in [0, 0.05) is 16.8 Å². The zero-order valence-corrected chi connectivity index (χ0v) is 15.9. The van der Waals surface area contributed by atoms with E-state index in [2.05, 4.69) is 5.32 Å². The van der Waals surface area contributed by atoms with E-state index in [-0.39, 0.29) is 6.79 Å². The van der Waals surface area contributed by atoms with Gasteiger partial charge in [-0.3, -0.25) is 4.90 Å². The molecule has 28 heavy (non-hydrogen) atoms. The Morgan fingerprint density at radius 3 is 2.71 bits per heavy atom. The minimum absolute atomic E-state index is 0.127. The summed E-state index contributed by atoms with van der Waals surface area (Å²) < 4.78 is 15.7. The van der Waals surface area contributed by atoms with E-state index in [1.807, 2.05) is 0 Å². The molecule has 4 rings (SSSR count). The average molecular weight is 401 g/mol. The third kappa shape index (κ3) is 2.93. The van der Waals surface area contributed by atoms with Crippen LogP contribution in [-0.2, 0) is 9.53 Å². The standard InChI is InChI=1S/C20H17ClN2O5/c1-11-17(19(24)26-2)18(13-5-3-4-6-14(13)21)22-20(25)23(11)12-7-8-15-16(9-12)28-10-27-15/h3-9,18H,10H2,1-2H3,(H,22,25)/t18-/m0/s1. The molecule has 0 spiro atoms. The Balaban J connectivity index is 1.84. The molecule has 0 bridgehead atoms. The number of hydrogen-bond donors (Lipinski definition) is 1. The first kappa shape index (κ1) is 18.2. The molecule has 0 saturated heterocycles. The summed E-state index contributed by atoms with van der Waals surface area (Å²) >= 11 is 6.31. The van der Waals surface area contributed by atoms with Gasteiger partial charge >= 0.3 is 12.0 Å². The molecule has 0 radical (unpaired) electrons. The van der Waals surface area contributed by atoms with E-state index in [9.17, 15) is 9.59 Å². The molecular formula is C20H17ClN2O5. The number of halogens is 1. The molecule has 2 aromatic carbocycles. The first-order valence-electron chi connectivity index (χ1n) is 8.55. The van der Waals surface area contributed by atoms with E-state index in [1.165, 1.54) is 12.0 Å². The van der Waals surface area contributed by atoms with Crippen molar-refractivity contribution in [2.75, 3.05) is 18.8 Å². The van der Waals surface area contributed by atoms with Crippen LogP contribution in [0.3, 0.4) is 0 Å². The van der Waals surface area contributed by atoms with Crippen molar-refractivity contribution in [1.82, 2.24) is 5.32 Å². The summed E-state index contributed by atoms with van der Waals surface area (Å²) in [4.78, 5) is 27.0. The van der Waals surface area contributed by atoms with E-state index in [0.29, 0.717) is 39.0 Å². The van der Waals surface area contributed by atoms with Crippen LogP contribution in [0, 0.1) is 0 Å². The van der Waals surface area contributed by atoms with Crippen molar-refractivity contribution in [3.8, 4) is 11.5 Å². The smallest absolute Gasteiger partial charge is 0.337 e. The molecule has 0 aromatic heterocycles. The van der Waals surface area contributed by atoms with Crippen LogP contribution in [0.15, 0.2) is 53.7 Å². The largest absolute Gasteiger partial charge is 0.466 e. The minimum atomic E-state index is -0.723. The van der Waals surface area contributed by atoms with E-state index < -0.39 is 18.0 Å². The Morgan fingerprint density at radius 2 is 1.96 bits per heavy atom. The topological polar surface area (TPSA) is 77.1 Å². The van der Waals surface area contributed by atoms with E-state index >= 15 is 0 Å². The molecule has 2 amide bonds. The number of fused-ring (bicyclic) bond motifs is 1. The van der Waals surface area contributed by atoms with E-state index in [1.54, 1.807) is 49.4 Å². The quantitative estimate of drug-likeness (QED) is 0.793. The molecule has 7 nitrogen and oxygen atoms in total. The lowest BCUT2D eigenvalue weighted by Gasteiger charge is -2.35. The maximum Gasteiger partial charge on any atom is 0.337 e. The number of methoxy groups -OCH3 is 1. The van der Waals surface area contributed by atoms with Crippen molar-refractivity contribution >= 4 is 29.3 Å². The van der Waals surface area contributed by atoms with Gasteiger partial charge in [-0.25, -0.2) is 9.59 Å². The molecular weight excluding hydrogens is 384 g/mol. The fraction of sp³-hybridized carbons (Fsp3) is 0.200. The fourth-order valence-corrected chi connectivity index (χ4v) is 3.64. The van der Waals surface area contributed by atoms with Gasteiger partial charge < -0.3 is 19.5 Å². The Labute approximate surface area is 166 Å². The summed E-state index contributed by atoms with van der Waals surface area (Å²) in [6.07, 6.45) is 0. The van der Waals surface area contributed by atoms with Gasteiger partial charge in [0.05, 0.1) is 24.4 Å². The molecule has 2 aromatic rings. The predicted octanol–water partition coefficient (Wildman–Crippen LogP) is 3.79. The summed E-state index contributed by atoms with van der Waals surface area (Å²) in [5, 5.41) is 3.30. The maximum absolute atomic E-state index is 13.0. The van der Waals surface area contributed by atoms with Crippen LogP contribution in [0.2, 0.25) is 5.02 Å². The third-order valence-corrected chi connectivity index (χ3v) is 5.06. The van der Waals surface area contributed by atoms with Crippen molar-refractivity contribution in [3.63, 3.8) is 0 Å². The van der Waals surface area contributed by atoms with Crippen LogP contribution in [0.5, 0.6) is 11.5 Å². The zero-order chi connectivity index (χ0) is 19.8. The van der Waals surface area contributed by atoms with Gasteiger partial charge in [0.1, 0.15) is 0 Å². The van der Waals surface area contributed by atoms with Gasteiger partial charge in [-0.05, 0) is 30.7 Å². The second-order valence-corrected chi connectivity index (χ2v) is 6.67. The van der Waals surface area contributed by atoms with Gasteiger partial charge in [0.25, 0.3) is 0 Å². The van der Waals surface area contributed by atoms with Gasteiger partial charge in [-0.1, -0.05) is 29.8 Å². The highest BCUT2D eigenvalue weighted by molar-refractivity contribution is 6.31. The summed E-state index contributed by atoms with van der Waals surface area (Å²) in [6.45, 7) is 1.82. The highest BCUT2D eigenvalue weighted by Crippen LogP contribution is 2.40. The molecule has 1 atom stereocenters. The summed E-state index contributed by atoms with van der Waals surface area (Å²) in [5.74, 6) is 0.587. The number of nitrogens with zero attached hydrogens (tertiary/aromatic N) is 1. The SMILES string of the molecule is COC(=O)C1=C(C)N(c2ccc3c(c2)OCO3)C(=O)N[C@H]1c1ccccc1Cl. The average Bonchev–Trinajstić information content (AvgIpc) is 3.15. The highest BCUT2D eigenvalue weighted by atomic mass is 35.5. The van der Waals surface area contributed by atoms with Crippen LogP contribution in [0.1, 0.15) is 18.5 Å². The molecule has 8 heteroatoms. The molecule has 0 saturated carbocycles. The molecule has 0 aliphatic carbocycles. The summed E-state index contributed by atoms with van der Waals surface area (Å²) in [6, 6.07) is 11.1. The minimum Gasteiger partial charge on any atom is -0.466 e. The molecule has 2 aliphatic heterocycles. The molecule has 144 valence electrons. The fourth-order valence-electron chi connectivity index (χ4n) is 3.40. The number of urea groups is 1. The van der Waals surface area contributed by atoms with Gasteiger partial charge in [0.15, 0.2) is 11.5 Å². The van der Waals surface area contributed by atoms with Crippen molar-refractivity contribution in [3.05, 3.63) is 64.3 Å². The number of carbonyl (C=O) groups excluding carboxylic acids is 2. The van der Waals surface area contributed by atoms with Crippen molar-refractivity contribution in [2.24, 2.45) is 0 Å². The number of rotatable bonds is 3. The number of amides is 2.